The van der Waals surface area contributed by atoms with Crippen molar-refractivity contribution in [2.24, 2.45) is 0 Å². The van der Waals surface area contributed by atoms with Gasteiger partial charge in [-0.1, -0.05) is 0 Å². The minimum absolute atomic E-state index is 0.0257. The summed E-state index contributed by atoms with van der Waals surface area (Å²) in [6.07, 6.45) is 2.69. The highest BCUT2D eigenvalue weighted by molar-refractivity contribution is 5.54. The largest absolute Gasteiger partial charge is 0.475 e. The van der Waals surface area contributed by atoms with Gasteiger partial charge in [-0.05, 0) is 26.8 Å². The predicted molar refractivity (Wildman–Crippen MR) is 65.7 cm³/mol. The molecule has 0 saturated heterocycles. The van der Waals surface area contributed by atoms with Crippen LogP contribution in [0, 0.1) is 12.7 Å². The third kappa shape index (κ3) is 3.00. The quantitative estimate of drug-likeness (QED) is 0.836. The first-order valence-electron chi connectivity index (χ1n) is 5.68. The Bertz CT molecular complexity index is 558. The molecule has 0 unspecified atom stereocenters. The highest BCUT2D eigenvalue weighted by atomic mass is 19.1. The lowest BCUT2D eigenvalue weighted by molar-refractivity contribution is 0.232. The van der Waals surface area contributed by atoms with Crippen LogP contribution in [0.4, 0.5) is 4.39 Å². The molecule has 0 atom stereocenters. The summed E-state index contributed by atoms with van der Waals surface area (Å²) in [6.45, 7) is 5.67. The van der Waals surface area contributed by atoms with E-state index < -0.39 is 5.82 Å². The lowest BCUT2D eigenvalue weighted by atomic mass is 10.2. The maximum absolute atomic E-state index is 13.1. The molecule has 0 aromatic carbocycles. The lowest BCUT2D eigenvalue weighted by Gasteiger charge is -2.10. The molecule has 0 amide bonds. The Balaban J connectivity index is 2.41. The van der Waals surface area contributed by atoms with Crippen LogP contribution in [0.25, 0.3) is 11.4 Å². The van der Waals surface area contributed by atoms with E-state index >= 15 is 0 Å². The van der Waals surface area contributed by atoms with Crippen LogP contribution in [0.1, 0.15) is 19.5 Å². The van der Waals surface area contributed by atoms with Gasteiger partial charge < -0.3 is 4.74 Å². The summed E-state index contributed by atoms with van der Waals surface area (Å²) >= 11 is 0. The van der Waals surface area contributed by atoms with Crippen LogP contribution in [0.5, 0.6) is 5.88 Å². The Kier molecular flexibility index (Phi) is 3.50. The van der Waals surface area contributed by atoms with Crippen molar-refractivity contribution < 1.29 is 9.13 Å². The van der Waals surface area contributed by atoms with E-state index in [0.29, 0.717) is 17.3 Å². The fraction of sp³-hybridized carbons (Fsp3) is 0.308. The van der Waals surface area contributed by atoms with Crippen LogP contribution < -0.4 is 4.74 Å². The first-order valence-corrected chi connectivity index (χ1v) is 5.68. The Hall–Kier alpha value is -2.04. The van der Waals surface area contributed by atoms with Gasteiger partial charge in [0.25, 0.3) is 0 Å². The van der Waals surface area contributed by atoms with Gasteiger partial charge >= 0.3 is 0 Å². The third-order valence-corrected chi connectivity index (χ3v) is 2.15. The molecule has 5 heteroatoms. The summed E-state index contributed by atoms with van der Waals surface area (Å²) in [6, 6.07) is 3.09. The molecular weight excluding hydrogens is 233 g/mol. The highest BCUT2D eigenvalue weighted by Gasteiger charge is 2.08. The van der Waals surface area contributed by atoms with Gasteiger partial charge in [-0.15, -0.1) is 0 Å². The van der Waals surface area contributed by atoms with Crippen molar-refractivity contribution in [3.05, 3.63) is 36.0 Å². The molecule has 0 aliphatic carbocycles. The van der Waals surface area contributed by atoms with Gasteiger partial charge in [0.05, 0.1) is 12.3 Å². The van der Waals surface area contributed by atoms with Crippen molar-refractivity contribution in [3.63, 3.8) is 0 Å². The van der Waals surface area contributed by atoms with E-state index in [4.69, 9.17) is 4.74 Å². The number of nitrogens with zero attached hydrogens (tertiary/aromatic N) is 3. The number of aryl methyl sites for hydroxylation is 1. The molecule has 0 fully saturated rings. The van der Waals surface area contributed by atoms with Crippen LogP contribution in [0.15, 0.2) is 24.5 Å². The Morgan fingerprint density at radius 1 is 1.17 bits per heavy atom. The van der Waals surface area contributed by atoms with Crippen molar-refractivity contribution in [1.29, 1.82) is 0 Å². The zero-order valence-electron chi connectivity index (χ0n) is 10.5. The Labute approximate surface area is 105 Å². The smallest absolute Gasteiger partial charge is 0.217 e. The molecule has 94 valence electrons. The van der Waals surface area contributed by atoms with Gasteiger partial charge in [0.1, 0.15) is 5.82 Å². The lowest BCUT2D eigenvalue weighted by Crippen LogP contribution is -2.08. The minimum atomic E-state index is -0.413. The van der Waals surface area contributed by atoms with Gasteiger partial charge in [0.15, 0.2) is 5.82 Å². The topological polar surface area (TPSA) is 47.9 Å². The van der Waals surface area contributed by atoms with Crippen LogP contribution >= 0.6 is 0 Å². The van der Waals surface area contributed by atoms with Crippen molar-refractivity contribution in [3.8, 4) is 17.3 Å². The van der Waals surface area contributed by atoms with Gasteiger partial charge in [-0.3, -0.25) is 4.98 Å². The summed E-state index contributed by atoms with van der Waals surface area (Å²) < 4.78 is 18.6. The zero-order chi connectivity index (χ0) is 13.1. The molecule has 2 heterocycles. The van der Waals surface area contributed by atoms with Crippen molar-refractivity contribution in [2.45, 2.75) is 26.9 Å². The zero-order valence-corrected chi connectivity index (χ0v) is 10.5. The van der Waals surface area contributed by atoms with Gasteiger partial charge in [0, 0.05) is 23.5 Å². The maximum Gasteiger partial charge on any atom is 0.217 e. The molecule has 0 N–H and O–H groups in total. The van der Waals surface area contributed by atoms with Crippen LogP contribution in [0.3, 0.4) is 0 Å². The van der Waals surface area contributed by atoms with E-state index in [-0.39, 0.29) is 6.10 Å². The molecule has 18 heavy (non-hydrogen) atoms. The Morgan fingerprint density at radius 3 is 2.61 bits per heavy atom. The molecule has 0 bridgehead atoms. The Morgan fingerprint density at radius 2 is 1.94 bits per heavy atom. The number of hydrogen-bond acceptors (Lipinski definition) is 4. The van der Waals surface area contributed by atoms with E-state index in [1.54, 1.807) is 6.07 Å². The summed E-state index contributed by atoms with van der Waals surface area (Å²) in [5, 5.41) is 0. The average Bonchev–Trinajstić information content (AvgIpc) is 2.27. The second-order valence-electron chi connectivity index (χ2n) is 4.23. The summed E-state index contributed by atoms with van der Waals surface area (Å²) in [5.41, 5.74) is 1.30. The molecule has 2 aromatic rings. The van der Waals surface area contributed by atoms with Crippen molar-refractivity contribution in [2.75, 3.05) is 0 Å². The number of ether oxygens (including phenoxy) is 1. The summed E-state index contributed by atoms with van der Waals surface area (Å²) in [7, 11) is 0. The molecule has 2 rings (SSSR count). The summed E-state index contributed by atoms with van der Waals surface area (Å²) in [4.78, 5) is 12.3. The first-order chi connectivity index (χ1) is 8.54. The molecule has 0 radical (unpaired) electrons. The van der Waals surface area contributed by atoms with E-state index in [0.717, 1.165) is 11.9 Å². The fourth-order valence-electron chi connectivity index (χ4n) is 1.50. The standard InChI is InChI=1S/C13H14FN3O/c1-8(2)18-12-4-9(3)16-13(17-12)10-5-11(14)7-15-6-10/h4-8H,1-3H3. The molecule has 0 saturated carbocycles. The molecule has 4 nitrogen and oxygen atoms in total. The van der Waals surface area contributed by atoms with Crippen molar-refractivity contribution >= 4 is 0 Å². The van der Waals surface area contributed by atoms with Gasteiger partial charge in [-0.2, -0.15) is 4.98 Å². The van der Waals surface area contributed by atoms with Crippen molar-refractivity contribution in [1.82, 2.24) is 15.0 Å². The predicted octanol–water partition coefficient (Wildman–Crippen LogP) is 2.77. The van der Waals surface area contributed by atoms with Gasteiger partial charge in [0.2, 0.25) is 5.88 Å². The number of hydrogen-bond donors (Lipinski definition) is 0. The molecule has 0 aliphatic heterocycles. The summed E-state index contributed by atoms with van der Waals surface area (Å²) in [5.74, 6) is 0.485. The van der Waals surface area contributed by atoms with Crippen LogP contribution in [-0.4, -0.2) is 21.1 Å². The number of aromatic nitrogens is 3. The number of halogens is 1. The maximum atomic E-state index is 13.1. The number of rotatable bonds is 3. The normalized spacial score (nSPS) is 10.7. The average molecular weight is 247 g/mol. The third-order valence-electron chi connectivity index (χ3n) is 2.15. The second-order valence-corrected chi connectivity index (χ2v) is 4.23. The molecule has 0 aliphatic rings. The first kappa shape index (κ1) is 12.4. The van der Waals surface area contributed by atoms with Crippen LogP contribution in [-0.2, 0) is 0 Å². The second kappa shape index (κ2) is 5.08. The van der Waals surface area contributed by atoms with E-state index in [2.05, 4.69) is 15.0 Å². The van der Waals surface area contributed by atoms with E-state index in [9.17, 15) is 4.39 Å². The highest BCUT2D eigenvalue weighted by Crippen LogP contribution is 2.19. The molecular formula is C13H14FN3O. The monoisotopic (exact) mass is 247 g/mol. The number of pyridine rings is 1. The van der Waals surface area contributed by atoms with Gasteiger partial charge in [-0.25, -0.2) is 9.37 Å². The SMILES string of the molecule is Cc1cc(OC(C)C)nc(-c2cncc(F)c2)n1. The fourth-order valence-corrected chi connectivity index (χ4v) is 1.50. The molecule has 0 spiro atoms. The van der Waals surface area contributed by atoms with Crippen LogP contribution in [0.2, 0.25) is 0 Å². The minimum Gasteiger partial charge on any atom is -0.475 e. The molecule has 2 aromatic heterocycles. The van der Waals surface area contributed by atoms with E-state index in [1.807, 2.05) is 20.8 Å². The van der Waals surface area contributed by atoms with E-state index in [1.165, 1.54) is 12.3 Å².